The Balaban J connectivity index is 1.58. The average molecular weight is 465 g/mol. The van der Waals surface area contributed by atoms with Crippen molar-refractivity contribution in [2.24, 2.45) is 5.92 Å². The van der Waals surface area contributed by atoms with Gasteiger partial charge in [0.05, 0.1) is 18.3 Å². The molecular formula is C26H28N2O6. The predicted octanol–water partition coefficient (Wildman–Crippen LogP) is 3.35. The first-order chi connectivity index (χ1) is 16.5. The maximum absolute atomic E-state index is 13.2. The maximum Gasteiger partial charge on any atom is 0.338 e. The Bertz CT molecular complexity index is 1220. The number of hydrogen-bond acceptors (Lipinski definition) is 6. The van der Waals surface area contributed by atoms with E-state index in [1.54, 1.807) is 24.3 Å². The molecular weight excluding hydrogens is 436 g/mol. The molecule has 1 aromatic heterocycles. The lowest BCUT2D eigenvalue weighted by Crippen LogP contribution is -2.43. The highest BCUT2D eigenvalue weighted by Crippen LogP contribution is 2.37. The Hall–Kier alpha value is -3.49. The van der Waals surface area contributed by atoms with E-state index >= 15 is 0 Å². The van der Waals surface area contributed by atoms with Gasteiger partial charge in [0, 0.05) is 18.2 Å². The third-order valence-electron chi connectivity index (χ3n) is 6.06. The maximum atomic E-state index is 13.2. The normalized spacial score (nSPS) is 21.9. The third kappa shape index (κ3) is 5.03. The largest absolute Gasteiger partial charge is 0.454 e. The lowest BCUT2D eigenvalue weighted by Gasteiger charge is -2.23. The van der Waals surface area contributed by atoms with Crippen molar-refractivity contribution in [3.8, 4) is 0 Å². The number of nitrogens with zero attached hydrogens (tertiary/aromatic N) is 2. The van der Waals surface area contributed by atoms with Crippen LogP contribution in [-0.4, -0.2) is 27.3 Å². The molecule has 1 aliphatic rings. The first-order valence-electron chi connectivity index (χ1n) is 11.3. The number of esters is 1. The molecule has 2 heterocycles. The topological polar surface area (TPSA) is 88.8 Å². The number of carbonyl (C=O) groups is 1. The summed E-state index contributed by atoms with van der Waals surface area (Å²) in [5.41, 5.74) is 0.277. The molecule has 0 saturated carbocycles. The molecule has 0 bridgehead atoms. The number of carbonyl (C=O) groups excluding carboxylic acids is 1. The lowest BCUT2D eigenvalue weighted by molar-refractivity contribution is -0.0528. The van der Waals surface area contributed by atoms with Crippen LogP contribution < -0.4 is 11.2 Å². The van der Waals surface area contributed by atoms with E-state index < -0.39 is 29.6 Å². The van der Waals surface area contributed by atoms with Crippen LogP contribution in [-0.2, 0) is 27.5 Å². The molecule has 0 spiro atoms. The van der Waals surface area contributed by atoms with Gasteiger partial charge in [0.1, 0.15) is 6.73 Å². The average Bonchev–Trinajstić information content (AvgIpc) is 3.17. The van der Waals surface area contributed by atoms with Crippen LogP contribution >= 0.6 is 0 Å². The molecule has 0 aliphatic carbocycles. The molecule has 4 atom stereocenters. The minimum Gasteiger partial charge on any atom is -0.454 e. The second kappa shape index (κ2) is 10.6. The Morgan fingerprint density at radius 1 is 1.00 bits per heavy atom. The molecule has 8 heteroatoms. The van der Waals surface area contributed by atoms with Gasteiger partial charge in [0.2, 0.25) is 0 Å². The Morgan fingerprint density at radius 3 is 2.35 bits per heavy atom. The molecule has 0 N–H and O–H groups in total. The molecule has 178 valence electrons. The van der Waals surface area contributed by atoms with Crippen molar-refractivity contribution in [1.82, 2.24) is 9.13 Å². The Labute approximate surface area is 197 Å². The molecule has 3 aromatic rings. The predicted molar refractivity (Wildman–Crippen MR) is 125 cm³/mol. The third-order valence-corrected chi connectivity index (χ3v) is 6.06. The van der Waals surface area contributed by atoms with Crippen LogP contribution in [0.15, 0.2) is 82.5 Å². The van der Waals surface area contributed by atoms with E-state index in [1.807, 2.05) is 50.2 Å². The van der Waals surface area contributed by atoms with Gasteiger partial charge in [0.25, 0.3) is 5.56 Å². The zero-order chi connectivity index (χ0) is 24.1. The molecule has 0 amide bonds. The number of ether oxygens (including phenoxy) is 3. The minimum atomic E-state index is -0.860. The van der Waals surface area contributed by atoms with Crippen molar-refractivity contribution in [2.75, 3.05) is 0 Å². The quantitative estimate of drug-likeness (QED) is 0.475. The van der Waals surface area contributed by atoms with Gasteiger partial charge in [-0.15, -0.1) is 0 Å². The van der Waals surface area contributed by atoms with E-state index in [1.165, 1.54) is 16.8 Å². The molecule has 0 unspecified atom stereocenters. The van der Waals surface area contributed by atoms with Gasteiger partial charge >= 0.3 is 11.7 Å². The summed E-state index contributed by atoms with van der Waals surface area (Å²) in [6.45, 7) is 3.96. The van der Waals surface area contributed by atoms with Gasteiger partial charge in [-0.25, -0.2) is 14.2 Å². The van der Waals surface area contributed by atoms with Crippen molar-refractivity contribution in [3.05, 3.63) is 105 Å². The van der Waals surface area contributed by atoms with Crippen molar-refractivity contribution < 1.29 is 19.0 Å². The number of aromatic nitrogens is 2. The fraction of sp³-hybridized carbons (Fsp3) is 0.346. The van der Waals surface area contributed by atoms with Crippen LogP contribution in [0.3, 0.4) is 0 Å². The molecule has 0 radical (unpaired) electrons. The van der Waals surface area contributed by atoms with Crippen LogP contribution in [0.5, 0.6) is 0 Å². The van der Waals surface area contributed by atoms with Gasteiger partial charge in [-0.2, -0.15) is 0 Å². The summed E-state index contributed by atoms with van der Waals surface area (Å²) in [7, 11) is 0. The van der Waals surface area contributed by atoms with Crippen LogP contribution in [0.25, 0.3) is 0 Å². The van der Waals surface area contributed by atoms with Crippen molar-refractivity contribution in [2.45, 2.75) is 52.0 Å². The first-order valence-corrected chi connectivity index (χ1v) is 11.3. The van der Waals surface area contributed by atoms with Gasteiger partial charge in [-0.05, 0) is 24.1 Å². The standard InChI is InChI=1S/C26H28N2O6/c1-3-21-18(2)23(34-25(30)20-12-8-5-9-13-20)24(33-21)27-15-14-22(29)28(26(27)31)17-32-16-19-10-6-4-7-11-19/h4-15,18,21,23-24H,3,16-17H2,1-2H3/t18-,21-,23+,24+/m1/s1. The van der Waals surface area contributed by atoms with E-state index in [9.17, 15) is 14.4 Å². The van der Waals surface area contributed by atoms with E-state index in [0.717, 1.165) is 10.1 Å². The smallest absolute Gasteiger partial charge is 0.338 e. The molecule has 4 rings (SSSR count). The summed E-state index contributed by atoms with van der Waals surface area (Å²) < 4.78 is 19.9. The molecule has 1 aliphatic heterocycles. The second-order valence-corrected chi connectivity index (χ2v) is 8.30. The Morgan fingerprint density at radius 2 is 1.68 bits per heavy atom. The van der Waals surface area contributed by atoms with Crippen molar-refractivity contribution in [1.29, 1.82) is 0 Å². The summed E-state index contributed by atoms with van der Waals surface area (Å²) in [6.07, 6.45) is 0.302. The van der Waals surface area contributed by atoms with Crippen LogP contribution in [0, 0.1) is 5.92 Å². The van der Waals surface area contributed by atoms with Gasteiger partial charge in [-0.3, -0.25) is 9.36 Å². The second-order valence-electron chi connectivity index (χ2n) is 8.30. The molecule has 2 aromatic carbocycles. The highest BCUT2D eigenvalue weighted by molar-refractivity contribution is 5.89. The SMILES string of the molecule is CC[C@H]1O[C@H](n2ccc(=O)n(COCc3ccccc3)c2=O)[C@@H](OC(=O)c2ccccc2)[C@@H]1C. The molecule has 1 saturated heterocycles. The van der Waals surface area contributed by atoms with Gasteiger partial charge in [0.15, 0.2) is 12.3 Å². The summed E-state index contributed by atoms with van der Waals surface area (Å²) >= 11 is 0. The highest BCUT2D eigenvalue weighted by Gasteiger charge is 2.45. The van der Waals surface area contributed by atoms with E-state index in [0.29, 0.717) is 12.0 Å². The minimum absolute atomic E-state index is 0.149. The summed E-state index contributed by atoms with van der Waals surface area (Å²) in [5.74, 6) is -0.639. The lowest BCUT2D eigenvalue weighted by atomic mass is 9.98. The zero-order valence-electron chi connectivity index (χ0n) is 19.2. The number of rotatable bonds is 8. The van der Waals surface area contributed by atoms with Crippen molar-refractivity contribution in [3.63, 3.8) is 0 Å². The summed E-state index contributed by atoms with van der Waals surface area (Å²) in [6, 6.07) is 19.4. The fourth-order valence-corrected chi connectivity index (χ4v) is 4.15. The monoisotopic (exact) mass is 464 g/mol. The highest BCUT2D eigenvalue weighted by atomic mass is 16.6. The first kappa shape index (κ1) is 23.7. The van der Waals surface area contributed by atoms with E-state index in [2.05, 4.69) is 0 Å². The molecule has 1 fully saturated rings. The summed E-state index contributed by atoms with van der Waals surface area (Å²) in [4.78, 5) is 38.4. The van der Waals surface area contributed by atoms with E-state index in [-0.39, 0.29) is 25.4 Å². The van der Waals surface area contributed by atoms with Crippen LogP contribution in [0.1, 0.15) is 42.4 Å². The van der Waals surface area contributed by atoms with Crippen LogP contribution in [0.4, 0.5) is 0 Å². The van der Waals surface area contributed by atoms with E-state index in [4.69, 9.17) is 14.2 Å². The molecule has 8 nitrogen and oxygen atoms in total. The van der Waals surface area contributed by atoms with Crippen LogP contribution in [0.2, 0.25) is 0 Å². The Kier molecular flexibility index (Phi) is 7.40. The zero-order valence-corrected chi connectivity index (χ0v) is 19.2. The summed E-state index contributed by atoms with van der Waals surface area (Å²) in [5, 5.41) is 0. The number of benzene rings is 2. The fourth-order valence-electron chi connectivity index (χ4n) is 4.15. The molecule has 34 heavy (non-hydrogen) atoms. The van der Waals surface area contributed by atoms with Gasteiger partial charge < -0.3 is 14.2 Å². The van der Waals surface area contributed by atoms with Crippen molar-refractivity contribution >= 4 is 5.97 Å². The van der Waals surface area contributed by atoms with Gasteiger partial charge in [-0.1, -0.05) is 62.4 Å². The number of hydrogen-bond donors (Lipinski definition) is 0.